The van der Waals surface area contributed by atoms with Crippen molar-refractivity contribution in [3.8, 4) is 0 Å². The topological polar surface area (TPSA) is 69.2 Å². The normalized spacial score (nSPS) is 15.7. The van der Waals surface area contributed by atoms with Crippen molar-refractivity contribution in [1.82, 2.24) is 20.4 Å². The van der Waals surface area contributed by atoms with Gasteiger partial charge in [0.1, 0.15) is 5.60 Å². The number of halogens is 1. The molecule has 1 aliphatic rings. The first-order valence-electron chi connectivity index (χ1n) is 9.61. The number of nitrogens with one attached hydrogen (secondary N) is 2. The van der Waals surface area contributed by atoms with Gasteiger partial charge in [0, 0.05) is 45.8 Å². The van der Waals surface area contributed by atoms with Gasteiger partial charge in [0.2, 0.25) is 0 Å². The number of hydrogen-bond donors (Lipinski definition) is 2. The van der Waals surface area contributed by atoms with E-state index < -0.39 is 5.60 Å². The van der Waals surface area contributed by atoms with Crippen molar-refractivity contribution in [1.29, 1.82) is 0 Å². The fraction of sp³-hybridized carbons (Fsp3) is 0.684. The zero-order chi connectivity index (χ0) is 19.7. The SMILES string of the molecule is CCNC(=NCc1ccsc1)NCCN1CCN(C(=O)OC(C)(C)C)CC1.I. The first-order chi connectivity index (χ1) is 12.9. The minimum absolute atomic E-state index is 0. The molecule has 1 aromatic heterocycles. The van der Waals surface area contributed by atoms with Crippen molar-refractivity contribution in [2.45, 2.75) is 39.8 Å². The molecule has 160 valence electrons. The zero-order valence-corrected chi connectivity index (χ0v) is 20.5. The minimum Gasteiger partial charge on any atom is -0.444 e. The van der Waals surface area contributed by atoms with Crippen LogP contribution in [0.1, 0.15) is 33.3 Å². The van der Waals surface area contributed by atoms with Crippen LogP contribution in [-0.4, -0.2) is 73.3 Å². The number of aliphatic imine (C=N–C) groups is 1. The van der Waals surface area contributed by atoms with Crippen LogP contribution in [0, 0.1) is 0 Å². The van der Waals surface area contributed by atoms with Gasteiger partial charge in [0.25, 0.3) is 0 Å². The molecule has 2 heterocycles. The first-order valence-corrected chi connectivity index (χ1v) is 10.5. The van der Waals surface area contributed by atoms with Gasteiger partial charge in [-0.05, 0) is 50.1 Å². The molecular formula is C19H34IN5O2S. The van der Waals surface area contributed by atoms with E-state index >= 15 is 0 Å². The summed E-state index contributed by atoms with van der Waals surface area (Å²) in [6.45, 7) is 14.2. The first kappa shape index (κ1) is 25.0. The van der Waals surface area contributed by atoms with Crippen LogP contribution < -0.4 is 10.6 Å². The fourth-order valence-corrected chi connectivity index (χ4v) is 3.37. The van der Waals surface area contributed by atoms with Gasteiger partial charge in [-0.25, -0.2) is 9.79 Å². The average Bonchev–Trinajstić information content (AvgIpc) is 3.12. The lowest BCUT2D eigenvalue weighted by Crippen LogP contribution is -2.51. The summed E-state index contributed by atoms with van der Waals surface area (Å²) in [5.74, 6) is 0.844. The van der Waals surface area contributed by atoms with Crippen LogP contribution in [0.4, 0.5) is 4.79 Å². The van der Waals surface area contributed by atoms with Crippen molar-refractivity contribution in [2.24, 2.45) is 4.99 Å². The number of rotatable bonds is 6. The molecule has 0 spiro atoms. The summed E-state index contributed by atoms with van der Waals surface area (Å²) in [6, 6.07) is 2.10. The lowest BCUT2D eigenvalue weighted by atomic mass is 10.2. The van der Waals surface area contributed by atoms with Gasteiger partial charge < -0.3 is 20.3 Å². The Kier molecular flexibility index (Phi) is 11.1. The predicted molar refractivity (Wildman–Crippen MR) is 127 cm³/mol. The maximum Gasteiger partial charge on any atom is 0.410 e. The van der Waals surface area contributed by atoms with Gasteiger partial charge in [-0.1, -0.05) is 0 Å². The van der Waals surface area contributed by atoms with E-state index in [0.29, 0.717) is 19.6 Å². The molecule has 1 fully saturated rings. The third-order valence-electron chi connectivity index (χ3n) is 4.09. The van der Waals surface area contributed by atoms with Crippen LogP contribution >= 0.6 is 35.3 Å². The van der Waals surface area contributed by atoms with E-state index in [4.69, 9.17) is 4.74 Å². The lowest BCUT2D eigenvalue weighted by molar-refractivity contribution is 0.0147. The monoisotopic (exact) mass is 523 g/mol. The number of thiophene rings is 1. The zero-order valence-electron chi connectivity index (χ0n) is 17.4. The molecule has 0 radical (unpaired) electrons. The molecule has 1 amide bonds. The van der Waals surface area contributed by atoms with Gasteiger partial charge in [-0.3, -0.25) is 4.90 Å². The second kappa shape index (κ2) is 12.5. The number of nitrogens with zero attached hydrogens (tertiary/aromatic N) is 3. The number of carbonyl (C=O) groups excluding carboxylic acids is 1. The quantitative estimate of drug-likeness (QED) is 0.341. The third kappa shape index (κ3) is 9.42. The summed E-state index contributed by atoms with van der Waals surface area (Å²) < 4.78 is 5.44. The van der Waals surface area contributed by atoms with Crippen LogP contribution in [0.2, 0.25) is 0 Å². The maximum absolute atomic E-state index is 12.1. The number of ether oxygens (including phenoxy) is 1. The molecule has 7 nitrogen and oxygen atoms in total. The van der Waals surface area contributed by atoms with Crippen LogP contribution in [0.15, 0.2) is 21.8 Å². The lowest BCUT2D eigenvalue weighted by Gasteiger charge is -2.35. The molecule has 0 unspecified atom stereocenters. The molecule has 0 atom stereocenters. The largest absolute Gasteiger partial charge is 0.444 e. The van der Waals surface area contributed by atoms with E-state index in [2.05, 4.69) is 44.3 Å². The number of hydrogen-bond acceptors (Lipinski definition) is 5. The Morgan fingerprint density at radius 1 is 1.25 bits per heavy atom. The highest BCUT2D eigenvalue weighted by Gasteiger charge is 2.25. The van der Waals surface area contributed by atoms with E-state index in [-0.39, 0.29) is 30.1 Å². The molecular weight excluding hydrogens is 489 g/mol. The summed E-state index contributed by atoms with van der Waals surface area (Å²) in [7, 11) is 0. The van der Waals surface area contributed by atoms with E-state index in [1.165, 1.54) is 5.56 Å². The fourth-order valence-electron chi connectivity index (χ4n) is 2.71. The molecule has 0 saturated carbocycles. The summed E-state index contributed by atoms with van der Waals surface area (Å²) in [6.07, 6.45) is -0.213. The molecule has 28 heavy (non-hydrogen) atoms. The molecule has 2 N–H and O–H groups in total. The Hall–Kier alpha value is -1.07. The number of guanidine groups is 1. The van der Waals surface area contributed by atoms with Crippen molar-refractivity contribution in [3.05, 3.63) is 22.4 Å². The second-order valence-corrected chi connectivity index (χ2v) is 8.34. The molecule has 0 aliphatic carbocycles. The minimum atomic E-state index is -0.441. The maximum atomic E-state index is 12.1. The average molecular weight is 523 g/mol. The van der Waals surface area contributed by atoms with Crippen LogP contribution in [0.5, 0.6) is 0 Å². The summed E-state index contributed by atoms with van der Waals surface area (Å²) >= 11 is 1.69. The highest BCUT2D eigenvalue weighted by molar-refractivity contribution is 14.0. The summed E-state index contributed by atoms with van der Waals surface area (Å²) in [5.41, 5.74) is 0.791. The van der Waals surface area contributed by atoms with Crippen molar-refractivity contribution in [2.75, 3.05) is 45.8 Å². The smallest absolute Gasteiger partial charge is 0.410 e. The number of piperazine rings is 1. The van der Waals surface area contributed by atoms with E-state index in [9.17, 15) is 4.79 Å². The van der Waals surface area contributed by atoms with Crippen molar-refractivity contribution in [3.63, 3.8) is 0 Å². The Balaban J connectivity index is 0.00000392. The molecule has 2 rings (SSSR count). The highest BCUT2D eigenvalue weighted by Crippen LogP contribution is 2.11. The van der Waals surface area contributed by atoms with Gasteiger partial charge in [0.15, 0.2) is 5.96 Å². The van der Waals surface area contributed by atoms with E-state index in [1.54, 1.807) is 16.2 Å². The number of amides is 1. The Bertz CT molecular complexity index is 596. The van der Waals surface area contributed by atoms with Gasteiger partial charge >= 0.3 is 6.09 Å². The highest BCUT2D eigenvalue weighted by atomic mass is 127. The van der Waals surface area contributed by atoms with Gasteiger partial charge in [0.05, 0.1) is 6.54 Å². The predicted octanol–water partition coefficient (Wildman–Crippen LogP) is 2.97. The molecule has 1 aliphatic heterocycles. The molecule has 0 bridgehead atoms. The summed E-state index contributed by atoms with van der Waals surface area (Å²) in [4.78, 5) is 20.9. The molecule has 1 aromatic rings. The van der Waals surface area contributed by atoms with Crippen molar-refractivity contribution >= 4 is 47.4 Å². The molecule has 1 saturated heterocycles. The van der Waals surface area contributed by atoms with E-state index in [1.807, 2.05) is 20.8 Å². The molecule has 0 aromatic carbocycles. The Morgan fingerprint density at radius 3 is 2.54 bits per heavy atom. The third-order valence-corrected chi connectivity index (χ3v) is 4.82. The molecule has 9 heteroatoms. The number of carbonyl (C=O) groups is 1. The second-order valence-electron chi connectivity index (χ2n) is 7.56. The Morgan fingerprint density at radius 2 is 1.96 bits per heavy atom. The standard InChI is InChI=1S/C19H33N5O2S.HI/c1-5-20-17(22-14-16-6-13-27-15-16)21-7-8-23-9-11-24(12-10-23)18(25)26-19(2,3)4;/h6,13,15H,5,7-12,14H2,1-4H3,(H2,20,21,22);1H. The van der Waals surface area contributed by atoms with Crippen molar-refractivity contribution < 1.29 is 9.53 Å². The Labute approximate surface area is 189 Å². The van der Waals surface area contributed by atoms with Gasteiger partial charge in [-0.15, -0.1) is 24.0 Å². The van der Waals surface area contributed by atoms with Gasteiger partial charge in [-0.2, -0.15) is 11.3 Å². The van der Waals surface area contributed by atoms with Crippen LogP contribution in [0.3, 0.4) is 0 Å². The van der Waals surface area contributed by atoms with Crippen LogP contribution in [-0.2, 0) is 11.3 Å². The van der Waals surface area contributed by atoms with E-state index in [0.717, 1.165) is 38.7 Å². The van der Waals surface area contributed by atoms with Crippen LogP contribution in [0.25, 0.3) is 0 Å². The summed E-state index contributed by atoms with van der Waals surface area (Å²) in [5, 5.41) is 10.9.